The van der Waals surface area contributed by atoms with Gasteiger partial charge in [-0.15, -0.1) is 0 Å². The van der Waals surface area contributed by atoms with Crippen molar-refractivity contribution < 1.29 is 8.42 Å². The molecule has 0 aliphatic rings. The average molecular weight is 313 g/mol. The van der Waals surface area contributed by atoms with Gasteiger partial charge in [0.05, 0.1) is 11.4 Å². The number of aromatic amines is 1. The predicted octanol–water partition coefficient (Wildman–Crippen LogP) is 1.35. The first-order valence-corrected chi connectivity index (χ1v) is 8.38. The van der Waals surface area contributed by atoms with Crippen LogP contribution in [0.4, 0.5) is 5.69 Å². The molecule has 20 heavy (non-hydrogen) atoms. The minimum atomic E-state index is -3.58. The van der Waals surface area contributed by atoms with Crippen LogP contribution in [-0.2, 0) is 16.6 Å². The van der Waals surface area contributed by atoms with E-state index in [2.05, 4.69) is 15.0 Å². The smallest absolute Gasteiger partial charge is 0.304 e. The molecule has 0 atom stereocenters. The Morgan fingerprint density at radius 3 is 2.50 bits per heavy atom. The van der Waals surface area contributed by atoms with Crippen molar-refractivity contribution in [3.8, 4) is 0 Å². The van der Waals surface area contributed by atoms with Crippen molar-refractivity contribution in [2.24, 2.45) is 0 Å². The van der Waals surface area contributed by atoms with Gasteiger partial charge in [0.25, 0.3) is 0 Å². The van der Waals surface area contributed by atoms with Gasteiger partial charge >= 0.3 is 4.87 Å². The van der Waals surface area contributed by atoms with Gasteiger partial charge in [-0.2, -0.15) is 0 Å². The standard InChI is InChI=1S/C12H15N3O3S2/c1-2-13-9-3-5-11(6-4-9)20(17,18)14-7-10-8-19-12(16)15-10/h3-6,8,13-14H,2,7H2,1H3,(H,15,16). The van der Waals surface area contributed by atoms with Gasteiger partial charge in [-0.3, -0.25) is 4.79 Å². The number of nitrogens with one attached hydrogen (secondary N) is 3. The van der Waals surface area contributed by atoms with Gasteiger partial charge in [0.1, 0.15) is 0 Å². The number of rotatable bonds is 6. The van der Waals surface area contributed by atoms with Crippen molar-refractivity contribution in [3.63, 3.8) is 0 Å². The Balaban J connectivity index is 2.07. The van der Waals surface area contributed by atoms with E-state index in [1.165, 1.54) is 12.1 Å². The SMILES string of the molecule is CCNc1ccc(S(=O)(=O)NCc2csc(=O)[nH]2)cc1. The maximum absolute atomic E-state index is 12.1. The summed E-state index contributed by atoms with van der Waals surface area (Å²) in [7, 11) is -3.58. The highest BCUT2D eigenvalue weighted by Gasteiger charge is 2.13. The molecular weight excluding hydrogens is 298 g/mol. The lowest BCUT2D eigenvalue weighted by Crippen LogP contribution is -2.23. The zero-order chi connectivity index (χ0) is 14.6. The fourth-order valence-corrected chi connectivity index (χ4v) is 3.20. The van der Waals surface area contributed by atoms with E-state index in [1.807, 2.05) is 6.92 Å². The molecule has 108 valence electrons. The Morgan fingerprint density at radius 2 is 1.95 bits per heavy atom. The molecule has 0 aliphatic carbocycles. The molecule has 3 N–H and O–H groups in total. The van der Waals surface area contributed by atoms with Crippen LogP contribution in [0.5, 0.6) is 0 Å². The molecule has 0 aliphatic heterocycles. The van der Waals surface area contributed by atoms with Crippen LogP contribution in [-0.4, -0.2) is 19.9 Å². The van der Waals surface area contributed by atoms with Crippen molar-refractivity contribution >= 4 is 27.0 Å². The maximum Gasteiger partial charge on any atom is 0.304 e. The molecule has 0 saturated carbocycles. The fraction of sp³-hybridized carbons (Fsp3) is 0.250. The lowest BCUT2D eigenvalue weighted by Gasteiger charge is -2.07. The van der Waals surface area contributed by atoms with E-state index >= 15 is 0 Å². The fourth-order valence-electron chi connectivity index (χ4n) is 1.61. The first-order valence-electron chi connectivity index (χ1n) is 6.01. The molecule has 2 rings (SSSR count). The molecular formula is C12H15N3O3S2. The van der Waals surface area contributed by atoms with Gasteiger partial charge in [-0.05, 0) is 31.2 Å². The summed E-state index contributed by atoms with van der Waals surface area (Å²) in [6.07, 6.45) is 0. The second kappa shape index (κ2) is 6.21. The monoisotopic (exact) mass is 313 g/mol. The van der Waals surface area contributed by atoms with Crippen LogP contribution < -0.4 is 14.9 Å². The molecule has 8 heteroatoms. The Bertz CT molecular complexity index is 717. The first-order chi connectivity index (χ1) is 9.51. The normalized spacial score (nSPS) is 11.4. The number of benzene rings is 1. The van der Waals surface area contributed by atoms with E-state index in [9.17, 15) is 13.2 Å². The number of sulfonamides is 1. The molecule has 0 bridgehead atoms. The van der Waals surface area contributed by atoms with Gasteiger partial charge < -0.3 is 10.3 Å². The Morgan fingerprint density at radius 1 is 1.25 bits per heavy atom. The molecule has 0 amide bonds. The molecule has 0 fully saturated rings. The highest BCUT2D eigenvalue weighted by atomic mass is 32.2. The summed E-state index contributed by atoms with van der Waals surface area (Å²) in [5.41, 5.74) is 1.42. The number of hydrogen-bond donors (Lipinski definition) is 3. The summed E-state index contributed by atoms with van der Waals surface area (Å²) in [6.45, 7) is 2.81. The topological polar surface area (TPSA) is 91.1 Å². The van der Waals surface area contributed by atoms with Crippen LogP contribution in [0.15, 0.2) is 39.3 Å². The Hall–Kier alpha value is -1.64. The molecule has 6 nitrogen and oxygen atoms in total. The van der Waals surface area contributed by atoms with Gasteiger partial charge in [0.15, 0.2) is 0 Å². The highest BCUT2D eigenvalue weighted by molar-refractivity contribution is 7.89. The number of thiazole rings is 1. The average Bonchev–Trinajstić information content (AvgIpc) is 2.84. The third-order valence-electron chi connectivity index (χ3n) is 2.57. The van der Waals surface area contributed by atoms with Crippen LogP contribution in [0.3, 0.4) is 0 Å². The predicted molar refractivity (Wildman–Crippen MR) is 79.6 cm³/mol. The third-order valence-corrected chi connectivity index (χ3v) is 4.70. The lowest BCUT2D eigenvalue weighted by molar-refractivity contribution is 0.580. The summed E-state index contributed by atoms with van der Waals surface area (Å²) in [6, 6.07) is 6.50. The molecule has 1 aromatic carbocycles. The van der Waals surface area contributed by atoms with E-state index in [-0.39, 0.29) is 16.3 Å². The summed E-state index contributed by atoms with van der Waals surface area (Å²) in [4.78, 5) is 13.5. The van der Waals surface area contributed by atoms with Crippen molar-refractivity contribution in [1.29, 1.82) is 0 Å². The van der Waals surface area contributed by atoms with Crippen molar-refractivity contribution in [1.82, 2.24) is 9.71 Å². The first kappa shape index (κ1) is 14.8. The van der Waals surface area contributed by atoms with Gasteiger partial charge in [0, 0.05) is 23.3 Å². The van der Waals surface area contributed by atoms with Crippen LogP contribution in [0.1, 0.15) is 12.6 Å². The molecule has 0 unspecified atom stereocenters. The molecule has 2 aromatic rings. The largest absolute Gasteiger partial charge is 0.385 e. The van der Waals surface area contributed by atoms with Gasteiger partial charge in [-0.25, -0.2) is 13.1 Å². The Labute approximate surface area is 120 Å². The summed E-state index contributed by atoms with van der Waals surface area (Å²) < 4.78 is 26.6. The summed E-state index contributed by atoms with van der Waals surface area (Å²) in [5.74, 6) is 0. The summed E-state index contributed by atoms with van der Waals surface area (Å²) >= 11 is 1.00. The lowest BCUT2D eigenvalue weighted by atomic mass is 10.3. The number of aromatic nitrogens is 1. The highest BCUT2D eigenvalue weighted by Crippen LogP contribution is 2.14. The van der Waals surface area contributed by atoms with Crippen molar-refractivity contribution in [3.05, 3.63) is 45.0 Å². The second-order valence-corrected chi connectivity index (χ2v) is 6.66. The number of hydrogen-bond acceptors (Lipinski definition) is 5. The zero-order valence-electron chi connectivity index (χ0n) is 10.8. The second-order valence-electron chi connectivity index (χ2n) is 4.05. The van der Waals surface area contributed by atoms with Crippen LogP contribution in [0, 0.1) is 0 Å². The van der Waals surface area contributed by atoms with Crippen LogP contribution in [0.25, 0.3) is 0 Å². The molecule has 1 heterocycles. The van der Waals surface area contributed by atoms with Crippen molar-refractivity contribution in [2.75, 3.05) is 11.9 Å². The Kier molecular flexibility index (Phi) is 4.58. The van der Waals surface area contributed by atoms with E-state index in [0.29, 0.717) is 5.69 Å². The van der Waals surface area contributed by atoms with Crippen LogP contribution >= 0.6 is 11.3 Å². The minimum absolute atomic E-state index is 0.0655. The number of anilines is 1. The number of H-pyrrole nitrogens is 1. The van der Waals surface area contributed by atoms with Gasteiger partial charge in [0.2, 0.25) is 10.0 Å². The maximum atomic E-state index is 12.1. The van der Waals surface area contributed by atoms with E-state index < -0.39 is 10.0 Å². The third kappa shape index (κ3) is 3.69. The molecule has 0 saturated heterocycles. The molecule has 0 spiro atoms. The zero-order valence-corrected chi connectivity index (χ0v) is 12.5. The van der Waals surface area contributed by atoms with E-state index in [4.69, 9.17) is 0 Å². The van der Waals surface area contributed by atoms with Gasteiger partial charge in [-0.1, -0.05) is 11.3 Å². The summed E-state index contributed by atoms with van der Waals surface area (Å²) in [5, 5.41) is 4.69. The van der Waals surface area contributed by atoms with E-state index in [1.54, 1.807) is 17.5 Å². The van der Waals surface area contributed by atoms with E-state index in [0.717, 1.165) is 23.6 Å². The molecule has 0 radical (unpaired) electrons. The molecule has 1 aromatic heterocycles. The quantitative estimate of drug-likeness (QED) is 0.750. The van der Waals surface area contributed by atoms with Crippen LogP contribution in [0.2, 0.25) is 0 Å². The minimum Gasteiger partial charge on any atom is -0.385 e. The van der Waals surface area contributed by atoms with Crippen molar-refractivity contribution in [2.45, 2.75) is 18.4 Å².